The van der Waals surface area contributed by atoms with E-state index in [-0.39, 0.29) is 5.75 Å². The molecule has 0 aliphatic rings. The van der Waals surface area contributed by atoms with Crippen molar-refractivity contribution in [3.05, 3.63) is 29.8 Å². The molecule has 0 atom stereocenters. The molecule has 1 aromatic carbocycles. The van der Waals surface area contributed by atoms with Gasteiger partial charge in [-0.15, -0.1) is 0 Å². The van der Waals surface area contributed by atoms with Gasteiger partial charge in [0.05, 0.1) is 18.0 Å². The first kappa shape index (κ1) is 16.9. The van der Waals surface area contributed by atoms with E-state index in [1.165, 1.54) is 0 Å². The van der Waals surface area contributed by atoms with Crippen LogP contribution in [0.5, 0.6) is 0 Å². The summed E-state index contributed by atoms with van der Waals surface area (Å²) < 4.78 is 31.7. The summed E-state index contributed by atoms with van der Waals surface area (Å²) in [7, 11) is -1.73. The van der Waals surface area contributed by atoms with Crippen LogP contribution in [-0.2, 0) is 21.4 Å². The molecular formula is C14H24N2O3S. The van der Waals surface area contributed by atoms with Crippen LogP contribution in [0.1, 0.15) is 25.8 Å². The second-order valence-corrected chi connectivity index (χ2v) is 6.82. The van der Waals surface area contributed by atoms with Crippen molar-refractivity contribution in [2.24, 2.45) is 0 Å². The SMILES string of the molecule is COCc1ccccc1NS(=O)(=O)CCCNC(C)C. The van der Waals surface area contributed by atoms with E-state index in [4.69, 9.17) is 4.74 Å². The standard InChI is InChI=1S/C14H24N2O3S/c1-12(2)15-9-6-10-20(17,18)16-14-8-5-4-7-13(14)11-19-3/h4-5,7-8,12,15-16H,6,9-11H2,1-3H3. The summed E-state index contributed by atoms with van der Waals surface area (Å²) in [5.74, 6) is 0.105. The molecule has 0 unspecified atom stereocenters. The minimum absolute atomic E-state index is 0.105. The minimum Gasteiger partial charge on any atom is -0.380 e. The van der Waals surface area contributed by atoms with Crippen molar-refractivity contribution in [2.75, 3.05) is 24.1 Å². The van der Waals surface area contributed by atoms with Crippen molar-refractivity contribution in [3.8, 4) is 0 Å². The average molecular weight is 300 g/mol. The van der Waals surface area contributed by atoms with Gasteiger partial charge in [-0.1, -0.05) is 32.0 Å². The lowest BCUT2D eigenvalue weighted by Gasteiger charge is -2.12. The molecule has 0 amide bonds. The molecule has 0 fully saturated rings. The zero-order valence-electron chi connectivity index (χ0n) is 12.3. The van der Waals surface area contributed by atoms with Gasteiger partial charge in [-0.2, -0.15) is 0 Å². The van der Waals surface area contributed by atoms with E-state index in [1.54, 1.807) is 19.2 Å². The summed E-state index contributed by atoms with van der Waals surface area (Å²) in [5.41, 5.74) is 1.42. The van der Waals surface area contributed by atoms with Gasteiger partial charge in [-0.25, -0.2) is 8.42 Å². The molecule has 0 spiro atoms. The van der Waals surface area contributed by atoms with Gasteiger partial charge in [-0.05, 0) is 19.0 Å². The Morgan fingerprint density at radius 2 is 1.95 bits per heavy atom. The van der Waals surface area contributed by atoms with Crippen molar-refractivity contribution in [3.63, 3.8) is 0 Å². The van der Waals surface area contributed by atoms with Crippen LogP contribution >= 0.6 is 0 Å². The minimum atomic E-state index is -3.32. The van der Waals surface area contributed by atoms with E-state index in [2.05, 4.69) is 10.0 Å². The van der Waals surface area contributed by atoms with E-state index in [9.17, 15) is 8.42 Å². The van der Waals surface area contributed by atoms with Gasteiger partial charge in [0.25, 0.3) is 0 Å². The van der Waals surface area contributed by atoms with E-state index in [0.717, 1.165) is 5.56 Å². The van der Waals surface area contributed by atoms with Gasteiger partial charge in [0, 0.05) is 18.7 Å². The fraction of sp³-hybridized carbons (Fsp3) is 0.571. The first-order chi connectivity index (χ1) is 9.44. The Labute approximate surface area is 121 Å². The molecule has 20 heavy (non-hydrogen) atoms. The monoisotopic (exact) mass is 300 g/mol. The Morgan fingerprint density at radius 3 is 2.60 bits per heavy atom. The molecule has 2 N–H and O–H groups in total. The Morgan fingerprint density at radius 1 is 1.25 bits per heavy atom. The van der Waals surface area contributed by atoms with Gasteiger partial charge in [0.2, 0.25) is 10.0 Å². The second-order valence-electron chi connectivity index (χ2n) is 4.97. The summed E-state index contributed by atoms with van der Waals surface area (Å²) in [4.78, 5) is 0. The third-order valence-corrected chi connectivity index (χ3v) is 4.08. The third kappa shape index (κ3) is 6.36. The highest BCUT2D eigenvalue weighted by Gasteiger charge is 2.12. The molecule has 6 heteroatoms. The number of hydrogen-bond donors (Lipinski definition) is 2. The zero-order valence-corrected chi connectivity index (χ0v) is 13.2. The lowest BCUT2D eigenvalue weighted by atomic mass is 10.2. The van der Waals surface area contributed by atoms with Gasteiger partial charge in [0.1, 0.15) is 0 Å². The average Bonchev–Trinajstić information content (AvgIpc) is 2.37. The molecule has 1 aromatic rings. The van der Waals surface area contributed by atoms with Crippen LogP contribution < -0.4 is 10.0 Å². The van der Waals surface area contributed by atoms with E-state index in [0.29, 0.717) is 31.3 Å². The number of methoxy groups -OCH3 is 1. The maximum atomic E-state index is 12.0. The summed E-state index contributed by atoms with van der Waals surface area (Å²) in [5, 5.41) is 3.20. The van der Waals surface area contributed by atoms with Gasteiger partial charge in [0.15, 0.2) is 0 Å². The number of hydrogen-bond acceptors (Lipinski definition) is 4. The lowest BCUT2D eigenvalue weighted by Crippen LogP contribution is -2.26. The Kier molecular flexibility index (Phi) is 6.98. The molecule has 0 radical (unpaired) electrons. The zero-order chi connectivity index (χ0) is 15.0. The van der Waals surface area contributed by atoms with Gasteiger partial charge < -0.3 is 10.1 Å². The van der Waals surface area contributed by atoms with Crippen LogP contribution in [0, 0.1) is 0 Å². The van der Waals surface area contributed by atoms with Crippen molar-refractivity contribution >= 4 is 15.7 Å². The topological polar surface area (TPSA) is 67.4 Å². The highest BCUT2D eigenvalue weighted by atomic mass is 32.2. The second kappa shape index (κ2) is 8.24. The van der Waals surface area contributed by atoms with E-state index < -0.39 is 10.0 Å². The van der Waals surface area contributed by atoms with Crippen LogP contribution in [0.2, 0.25) is 0 Å². The largest absolute Gasteiger partial charge is 0.380 e. The predicted octanol–water partition coefficient (Wildman–Crippen LogP) is 1.96. The molecule has 0 saturated heterocycles. The Balaban J connectivity index is 2.57. The van der Waals surface area contributed by atoms with Crippen molar-refractivity contribution in [1.82, 2.24) is 5.32 Å². The number of ether oxygens (including phenoxy) is 1. The molecule has 1 rings (SSSR count). The molecule has 0 bridgehead atoms. The number of nitrogens with one attached hydrogen (secondary N) is 2. The quantitative estimate of drug-likeness (QED) is 0.684. The van der Waals surface area contributed by atoms with Crippen LogP contribution in [0.15, 0.2) is 24.3 Å². The summed E-state index contributed by atoms with van der Waals surface area (Å²) in [6, 6.07) is 7.63. The Bertz CT molecular complexity index is 501. The molecule has 0 saturated carbocycles. The fourth-order valence-corrected chi connectivity index (χ4v) is 2.93. The molecule has 0 aliphatic carbocycles. The normalized spacial score (nSPS) is 11.8. The highest BCUT2D eigenvalue weighted by molar-refractivity contribution is 7.92. The van der Waals surface area contributed by atoms with Crippen LogP contribution in [0.4, 0.5) is 5.69 Å². The number of rotatable bonds is 9. The number of benzene rings is 1. The lowest BCUT2D eigenvalue weighted by molar-refractivity contribution is 0.185. The molecule has 114 valence electrons. The number of para-hydroxylation sites is 1. The first-order valence-corrected chi connectivity index (χ1v) is 8.40. The smallest absolute Gasteiger partial charge is 0.232 e. The summed E-state index contributed by atoms with van der Waals surface area (Å²) in [6.07, 6.45) is 0.583. The molecule has 0 heterocycles. The summed E-state index contributed by atoms with van der Waals surface area (Å²) in [6.45, 7) is 5.15. The van der Waals surface area contributed by atoms with Crippen molar-refractivity contribution in [1.29, 1.82) is 0 Å². The molecular weight excluding hydrogens is 276 g/mol. The molecule has 0 aliphatic heterocycles. The summed E-state index contributed by atoms with van der Waals surface area (Å²) >= 11 is 0. The van der Waals surface area contributed by atoms with Crippen molar-refractivity contribution < 1.29 is 13.2 Å². The molecule has 5 nitrogen and oxygen atoms in total. The fourth-order valence-electron chi connectivity index (χ4n) is 1.77. The predicted molar refractivity (Wildman–Crippen MR) is 82.3 cm³/mol. The number of sulfonamides is 1. The number of anilines is 1. The first-order valence-electron chi connectivity index (χ1n) is 6.75. The van der Waals surface area contributed by atoms with Gasteiger partial charge >= 0.3 is 0 Å². The van der Waals surface area contributed by atoms with Gasteiger partial charge in [-0.3, -0.25) is 4.72 Å². The van der Waals surface area contributed by atoms with Crippen molar-refractivity contribution in [2.45, 2.75) is 32.9 Å². The molecule has 0 aromatic heterocycles. The van der Waals surface area contributed by atoms with Crippen LogP contribution in [-0.4, -0.2) is 33.9 Å². The highest BCUT2D eigenvalue weighted by Crippen LogP contribution is 2.17. The third-order valence-electron chi connectivity index (χ3n) is 2.73. The van der Waals surface area contributed by atoms with Crippen LogP contribution in [0.3, 0.4) is 0 Å². The Hall–Kier alpha value is -1.11. The van der Waals surface area contributed by atoms with E-state index >= 15 is 0 Å². The maximum Gasteiger partial charge on any atom is 0.232 e. The van der Waals surface area contributed by atoms with E-state index in [1.807, 2.05) is 26.0 Å². The maximum absolute atomic E-state index is 12.0. The van der Waals surface area contributed by atoms with Crippen LogP contribution in [0.25, 0.3) is 0 Å².